The van der Waals surface area contributed by atoms with Crippen molar-refractivity contribution in [1.29, 1.82) is 0 Å². The zero-order valence-electron chi connectivity index (χ0n) is 11.2. The maximum absolute atomic E-state index is 11.8. The lowest BCUT2D eigenvalue weighted by Crippen LogP contribution is -2.38. The van der Waals surface area contributed by atoms with Gasteiger partial charge in [0.2, 0.25) is 5.91 Å². The molecule has 0 aliphatic rings. The first kappa shape index (κ1) is 15.1. The van der Waals surface area contributed by atoms with Crippen LogP contribution < -0.4 is 0 Å². The number of thioether (sulfide) groups is 1. The van der Waals surface area contributed by atoms with E-state index in [0.717, 1.165) is 5.75 Å². The van der Waals surface area contributed by atoms with Gasteiger partial charge < -0.3 is 10.0 Å². The van der Waals surface area contributed by atoms with E-state index in [9.17, 15) is 4.79 Å². The smallest absolute Gasteiger partial charge is 0.232 e. The number of carbonyl (C=O) groups is 1. The van der Waals surface area contributed by atoms with Gasteiger partial charge in [-0.15, -0.1) is 11.8 Å². The molecule has 1 unspecified atom stereocenters. The number of nitrogens with zero attached hydrogens (tertiary/aromatic N) is 1. The zero-order chi connectivity index (χ0) is 13.5. The fraction of sp³-hybridized carbons (Fsp3) is 0.500. The van der Waals surface area contributed by atoms with Gasteiger partial charge in [-0.3, -0.25) is 4.79 Å². The van der Waals surface area contributed by atoms with Gasteiger partial charge in [0.05, 0.1) is 18.4 Å². The summed E-state index contributed by atoms with van der Waals surface area (Å²) in [5, 5.41) is 8.99. The predicted octanol–water partition coefficient (Wildman–Crippen LogP) is 2.07. The number of hydrogen-bond donors (Lipinski definition) is 1. The van der Waals surface area contributed by atoms with Crippen LogP contribution in [0.5, 0.6) is 0 Å². The molecule has 0 spiro atoms. The third kappa shape index (κ3) is 4.70. The van der Waals surface area contributed by atoms with Crippen molar-refractivity contribution >= 4 is 17.7 Å². The number of aryl methyl sites for hydroxylation is 1. The van der Waals surface area contributed by atoms with E-state index in [0.29, 0.717) is 5.75 Å². The highest BCUT2D eigenvalue weighted by molar-refractivity contribution is 7.99. The van der Waals surface area contributed by atoms with Crippen LogP contribution in [0, 0.1) is 6.92 Å². The Bertz CT molecular complexity index is 395. The molecule has 0 aliphatic heterocycles. The summed E-state index contributed by atoms with van der Waals surface area (Å²) in [4.78, 5) is 13.4. The Kier molecular flexibility index (Phi) is 6.22. The van der Waals surface area contributed by atoms with E-state index >= 15 is 0 Å². The van der Waals surface area contributed by atoms with Crippen molar-refractivity contribution in [3.63, 3.8) is 0 Å². The van der Waals surface area contributed by atoms with Crippen molar-refractivity contribution in [1.82, 2.24) is 4.90 Å². The first-order valence-corrected chi connectivity index (χ1v) is 7.20. The van der Waals surface area contributed by atoms with Crippen LogP contribution in [0.25, 0.3) is 0 Å². The van der Waals surface area contributed by atoms with E-state index in [1.54, 1.807) is 23.7 Å². The van der Waals surface area contributed by atoms with Gasteiger partial charge in [-0.25, -0.2) is 0 Å². The van der Waals surface area contributed by atoms with Crippen LogP contribution in [0.2, 0.25) is 0 Å². The second kappa shape index (κ2) is 7.44. The molecule has 100 valence electrons. The van der Waals surface area contributed by atoms with Crippen LogP contribution in [-0.4, -0.2) is 41.4 Å². The molecule has 1 N–H and O–H groups in total. The summed E-state index contributed by atoms with van der Waals surface area (Å²) in [6, 6.07) is 8.20. The van der Waals surface area contributed by atoms with Crippen molar-refractivity contribution in [2.75, 3.05) is 19.4 Å². The summed E-state index contributed by atoms with van der Waals surface area (Å²) in [7, 11) is 1.73. The fourth-order valence-electron chi connectivity index (χ4n) is 1.53. The summed E-state index contributed by atoms with van der Waals surface area (Å²) >= 11 is 1.61. The molecule has 0 radical (unpaired) electrons. The predicted molar refractivity (Wildman–Crippen MR) is 76.7 cm³/mol. The SMILES string of the molecule is Cc1cccc(CSCC(=O)N(C)C(C)CO)c1. The van der Waals surface area contributed by atoms with Gasteiger partial charge in [0.15, 0.2) is 0 Å². The molecule has 0 aliphatic carbocycles. The summed E-state index contributed by atoms with van der Waals surface area (Å²) in [5.41, 5.74) is 2.48. The molecule has 0 saturated heterocycles. The average molecular weight is 267 g/mol. The number of carbonyl (C=O) groups excluding carboxylic acids is 1. The molecule has 1 amide bonds. The van der Waals surface area contributed by atoms with E-state index < -0.39 is 0 Å². The van der Waals surface area contributed by atoms with Crippen molar-refractivity contribution in [3.8, 4) is 0 Å². The van der Waals surface area contributed by atoms with E-state index in [4.69, 9.17) is 5.11 Å². The molecule has 0 aromatic heterocycles. The van der Waals surface area contributed by atoms with Gasteiger partial charge in [0, 0.05) is 12.8 Å². The first-order chi connectivity index (χ1) is 8.54. The largest absolute Gasteiger partial charge is 0.394 e. The Morgan fingerprint density at radius 3 is 2.83 bits per heavy atom. The van der Waals surface area contributed by atoms with Crippen LogP contribution in [0.4, 0.5) is 0 Å². The molecule has 3 nitrogen and oxygen atoms in total. The van der Waals surface area contributed by atoms with Gasteiger partial charge in [-0.2, -0.15) is 0 Å². The first-order valence-electron chi connectivity index (χ1n) is 6.04. The van der Waals surface area contributed by atoms with Gasteiger partial charge in [-0.1, -0.05) is 29.8 Å². The Balaban J connectivity index is 2.36. The number of rotatable bonds is 6. The Hall–Kier alpha value is -1.00. The number of hydrogen-bond acceptors (Lipinski definition) is 3. The van der Waals surface area contributed by atoms with Gasteiger partial charge in [0.1, 0.15) is 0 Å². The van der Waals surface area contributed by atoms with Gasteiger partial charge in [0.25, 0.3) is 0 Å². The summed E-state index contributed by atoms with van der Waals surface area (Å²) in [5.74, 6) is 1.36. The molecule has 0 bridgehead atoms. The summed E-state index contributed by atoms with van der Waals surface area (Å²) in [6.45, 7) is 3.91. The standard InChI is InChI=1S/C14H21NO2S/c1-11-5-4-6-13(7-11)9-18-10-14(17)15(3)12(2)8-16/h4-7,12,16H,8-10H2,1-3H3. The molecule has 4 heteroatoms. The lowest BCUT2D eigenvalue weighted by molar-refractivity contribution is -0.129. The van der Waals surface area contributed by atoms with Crippen LogP contribution in [0.3, 0.4) is 0 Å². The molecule has 18 heavy (non-hydrogen) atoms. The lowest BCUT2D eigenvalue weighted by atomic mass is 10.2. The molecular weight excluding hydrogens is 246 g/mol. The molecule has 1 aromatic rings. The van der Waals surface area contributed by atoms with E-state index in [1.807, 2.05) is 13.0 Å². The number of likely N-dealkylation sites (N-methyl/N-ethyl adjacent to an activating group) is 1. The Labute approximate surface area is 113 Å². The Morgan fingerprint density at radius 2 is 2.22 bits per heavy atom. The van der Waals surface area contributed by atoms with Gasteiger partial charge >= 0.3 is 0 Å². The minimum atomic E-state index is -0.114. The number of benzene rings is 1. The molecule has 1 atom stereocenters. The second-order valence-corrected chi connectivity index (χ2v) is 5.50. The summed E-state index contributed by atoms with van der Waals surface area (Å²) < 4.78 is 0. The minimum absolute atomic E-state index is 0.00475. The van der Waals surface area contributed by atoms with Crippen LogP contribution in [0.1, 0.15) is 18.1 Å². The van der Waals surface area contributed by atoms with Crippen molar-refractivity contribution in [2.24, 2.45) is 0 Å². The lowest BCUT2D eigenvalue weighted by Gasteiger charge is -2.22. The van der Waals surface area contributed by atoms with Gasteiger partial charge in [-0.05, 0) is 19.4 Å². The quantitative estimate of drug-likeness (QED) is 0.858. The summed E-state index contributed by atoms with van der Waals surface area (Å²) in [6.07, 6.45) is 0. The monoisotopic (exact) mass is 267 g/mol. The number of amides is 1. The molecule has 1 aromatic carbocycles. The highest BCUT2D eigenvalue weighted by atomic mass is 32.2. The fourth-order valence-corrected chi connectivity index (χ4v) is 2.42. The van der Waals surface area contributed by atoms with Crippen molar-refractivity contribution in [3.05, 3.63) is 35.4 Å². The molecule has 0 heterocycles. The maximum Gasteiger partial charge on any atom is 0.232 e. The Morgan fingerprint density at radius 1 is 1.50 bits per heavy atom. The maximum atomic E-state index is 11.8. The minimum Gasteiger partial charge on any atom is -0.394 e. The number of aliphatic hydroxyl groups is 1. The second-order valence-electron chi connectivity index (χ2n) is 4.52. The van der Waals surface area contributed by atoms with E-state index in [1.165, 1.54) is 11.1 Å². The van der Waals surface area contributed by atoms with Crippen LogP contribution >= 0.6 is 11.8 Å². The molecular formula is C14H21NO2S. The third-order valence-electron chi connectivity index (χ3n) is 2.90. The normalized spacial score (nSPS) is 12.2. The van der Waals surface area contributed by atoms with E-state index in [2.05, 4.69) is 25.1 Å². The number of aliphatic hydroxyl groups excluding tert-OH is 1. The van der Waals surface area contributed by atoms with Crippen molar-refractivity contribution < 1.29 is 9.90 Å². The highest BCUT2D eigenvalue weighted by Gasteiger charge is 2.14. The van der Waals surface area contributed by atoms with Crippen molar-refractivity contribution in [2.45, 2.75) is 25.6 Å². The van der Waals surface area contributed by atoms with Crippen LogP contribution in [0.15, 0.2) is 24.3 Å². The van der Waals surface area contributed by atoms with E-state index in [-0.39, 0.29) is 18.6 Å². The van der Waals surface area contributed by atoms with Crippen LogP contribution in [-0.2, 0) is 10.5 Å². The zero-order valence-corrected chi connectivity index (χ0v) is 12.0. The molecule has 1 rings (SSSR count). The molecule has 0 fully saturated rings. The molecule has 0 saturated carbocycles. The average Bonchev–Trinajstić information content (AvgIpc) is 2.36. The topological polar surface area (TPSA) is 40.5 Å². The third-order valence-corrected chi connectivity index (χ3v) is 3.88. The highest BCUT2D eigenvalue weighted by Crippen LogP contribution is 2.14.